The van der Waals surface area contributed by atoms with Gasteiger partial charge in [0.2, 0.25) is 0 Å². The molecule has 0 unspecified atom stereocenters. The SMILES string of the molecule is CCCCCCCCCCCCCCCCCCCCCC(=O)OC[C@H](COC(=O)CCCCCCCCCCCCCCC)OC(=O)CCCCCCCCCCCCCCCCC. The highest BCUT2D eigenvalue weighted by Gasteiger charge is 2.19. The molecule has 0 saturated carbocycles. The summed E-state index contributed by atoms with van der Waals surface area (Å²) in [5.74, 6) is -0.831. The van der Waals surface area contributed by atoms with E-state index in [-0.39, 0.29) is 31.1 Å². The second-order valence-corrected chi connectivity index (χ2v) is 20.3. The van der Waals surface area contributed by atoms with Crippen LogP contribution in [0.5, 0.6) is 0 Å². The smallest absolute Gasteiger partial charge is 0.306 e. The summed E-state index contributed by atoms with van der Waals surface area (Å²) >= 11 is 0. The normalized spacial score (nSPS) is 11.9. The molecule has 386 valence electrons. The van der Waals surface area contributed by atoms with Crippen LogP contribution in [0.3, 0.4) is 0 Å². The summed E-state index contributed by atoms with van der Waals surface area (Å²) in [6.45, 7) is 6.71. The van der Waals surface area contributed by atoms with Crippen molar-refractivity contribution in [1.82, 2.24) is 0 Å². The van der Waals surface area contributed by atoms with Crippen molar-refractivity contribution in [3.05, 3.63) is 0 Å². The van der Waals surface area contributed by atoms with E-state index in [4.69, 9.17) is 14.2 Å². The Bertz CT molecular complexity index is 967. The van der Waals surface area contributed by atoms with Gasteiger partial charge in [-0.1, -0.05) is 303 Å². The van der Waals surface area contributed by atoms with E-state index in [2.05, 4.69) is 20.8 Å². The first-order chi connectivity index (χ1) is 32.0. The maximum absolute atomic E-state index is 12.8. The molecule has 0 bridgehead atoms. The molecule has 0 heterocycles. The summed E-state index contributed by atoms with van der Waals surface area (Å²) in [5, 5.41) is 0. The molecule has 0 saturated heterocycles. The predicted octanol–water partition coefficient (Wildman–Crippen LogP) is 19.5. The molecule has 0 radical (unpaired) electrons. The van der Waals surface area contributed by atoms with Gasteiger partial charge in [0.15, 0.2) is 6.10 Å². The van der Waals surface area contributed by atoms with E-state index in [0.29, 0.717) is 19.3 Å². The van der Waals surface area contributed by atoms with E-state index >= 15 is 0 Å². The molecule has 0 rings (SSSR count). The van der Waals surface area contributed by atoms with Gasteiger partial charge in [-0.25, -0.2) is 0 Å². The quantitative estimate of drug-likeness (QED) is 0.0344. The Kier molecular flexibility index (Phi) is 53.7. The van der Waals surface area contributed by atoms with E-state index in [0.717, 1.165) is 57.8 Å². The number of hydrogen-bond acceptors (Lipinski definition) is 6. The molecule has 0 aliphatic carbocycles. The van der Waals surface area contributed by atoms with Crippen molar-refractivity contribution in [3.63, 3.8) is 0 Å². The molecular formula is C59H114O6. The number of esters is 3. The van der Waals surface area contributed by atoms with Crippen molar-refractivity contribution < 1.29 is 28.6 Å². The third kappa shape index (κ3) is 53.2. The van der Waals surface area contributed by atoms with Crippen LogP contribution in [0, 0.1) is 0 Å². The van der Waals surface area contributed by atoms with E-state index in [1.807, 2.05) is 0 Å². The lowest BCUT2D eigenvalue weighted by molar-refractivity contribution is -0.167. The first-order valence-corrected chi connectivity index (χ1v) is 29.5. The predicted molar refractivity (Wildman–Crippen MR) is 280 cm³/mol. The fourth-order valence-corrected chi connectivity index (χ4v) is 9.15. The van der Waals surface area contributed by atoms with Crippen LogP contribution in [0.2, 0.25) is 0 Å². The average molecular weight is 920 g/mol. The Morgan fingerprint density at radius 3 is 0.615 bits per heavy atom. The van der Waals surface area contributed by atoms with Gasteiger partial charge in [-0.15, -0.1) is 0 Å². The van der Waals surface area contributed by atoms with Crippen LogP contribution in [0.4, 0.5) is 0 Å². The summed E-state index contributed by atoms with van der Waals surface area (Å²) < 4.78 is 16.9. The van der Waals surface area contributed by atoms with E-state index in [1.165, 1.54) is 244 Å². The fraction of sp³-hybridized carbons (Fsp3) is 0.949. The van der Waals surface area contributed by atoms with Crippen LogP contribution < -0.4 is 0 Å². The van der Waals surface area contributed by atoms with Crippen LogP contribution in [-0.4, -0.2) is 37.2 Å². The largest absolute Gasteiger partial charge is 0.462 e. The molecule has 0 aliphatic rings. The third-order valence-corrected chi connectivity index (χ3v) is 13.6. The van der Waals surface area contributed by atoms with Crippen LogP contribution >= 0.6 is 0 Å². The van der Waals surface area contributed by atoms with Crippen LogP contribution in [-0.2, 0) is 28.6 Å². The molecule has 65 heavy (non-hydrogen) atoms. The highest BCUT2D eigenvalue weighted by atomic mass is 16.6. The number of carbonyl (C=O) groups is 3. The molecule has 6 nitrogen and oxygen atoms in total. The van der Waals surface area contributed by atoms with Gasteiger partial charge in [-0.3, -0.25) is 14.4 Å². The van der Waals surface area contributed by atoms with Gasteiger partial charge >= 0.3 is 17.9 Å². The maximum Gasteiger partial charge on any atom is 0.306 e. The molecule has 0 aromatic heterocycles. The van der Waals surface area contributed by atoms with Gasteiger partial charge in [0.1, 0.15) is 13.2 Å². The van der Waals surface area contributed by atoms with Gasteiger partial charge in [0.05, 0.1) is 0 Å². The fourth-order valence-electron chi connectivity index (χ4n) is 9.15. The Balaban J connectivity index is 4.26. The molecule has 0 N–H and O–H groups in total. The number of rotatable bonds is 55. The number of hydrogen-bond donors (Lipinski definition) is 0. The number of carbonyl (C=O) groups excluding carboxylic acids is 3. The third-order valence-electron chi connectivity index (χ3n) is 13.6. The van der Waals surface area contributed by atoms with Crippen molar-refractivity contribution in [2.45, 2.75) is 348 Å². The van der Waals surface area contributed by atoms with E-state index < -0.39 is 6.10 Å². The molecule has 0 aliphatic heterocycles. The lowest BCUT2D eigenvalue weighted by Crippen LogP contribution is -2.30. The van der Waals surface area contributed by atoms with Gasteiger partial charge in [0, 0.05) is 19.3 Å². The minimum atomic E-state index is -0.761. The van der Waals surface area contributed by atoms with E-state index in [9.17, 15) is 14.4 Å². The zero-order valence-electron chi connectivity index (χ0n) is 44.3. The van der Waals surface area contributed by atoms with Crippen molar-refractivity contribution in [1.29, 1.82) is 0 Å². The Labute approximate surface area is 406 Å². The standard InChI is InChI=1S/C59H114O6/c1-4-7-10-13-16-19-22-25-27-28-29-30-32-34-37-40-43-46-49-52-58(61)64-55-56(54-63-57(60)51-48-45-42-39-36-33-24-21-18-15-12-9-6-3)65-59(62)53-50-47-44-41-38-35-31-26-23-20-17-14-11-8-5-2/h56H,4-55H2,1-3H3/t56-/m0/s1. The Morgan fingerprint density at radius 1 is 0.246 bits per heavy atom. The Hall–Kier alpha value is -1.59. The van der Waals surface area contributed by atoms with Crippen molar-refractivity contribution in [2.24, 2.45) is 0 Å². The highest BCUT2D eigenvalue weighted by Crippen LogP contribution is 2.18. The second kappa shape index (κ2) is 55.0. The Morgan fingerprint density at radius 2 is 0.415 bits per heavy atom. The number of ether oxygens (including phenoxy) is 3. The summed E-state index contributed by atoms with van der Waals surface area (Å²) in [6.07, 6.45) is 60.9. The van der Waals surface area contributed by atoms with Crippen molar-refractivity contribution in [3.8, 4) is 0 Å². The molecule has 0 aromatic rings. The summed E-state index contributed by atoms with van der Waals surface area (Å²) in [6, 6.07) is 0. The minimum Gasteiger partial charge on any atom is -0.462 e. The molecule has 0 aromatic carbocycles. The van der Waals surface area contributed by atoms with Crippen molar-refractivity contribution >= 4 is 17.9 Å². The van der Waals surface area contributed by atoms with Crippen LogP contribution in [0.25, 0.3) is 0 Å². The number of unbranched alkanes of at least 4 members (excludes halogenated alkanes) is 44. The average Bonchev–Trinajstić information content (AvgIpc) is 3.30. The van der Waals surface area contributed by atoms with Crippen LogP contribution in [0.1, 0.15) is 342 Å². The molecule has 0 amide bonds. The topological polar surface area (TPSA) is 78.9 Å². The van der Waals surface area contributed by atoms with Crippen molar-refractivity contribution in [2.75, 3.05) is 13.2 Å². The zero-order chi connectivity index (χ0) is 47.2. The van der Waals surface area contributed by atoms with Gasteiger partial charge in [-0.2, -0.15) is 0 Å². The molecule has 0 fully saturated rings. The van der Waals surface area contributed by atoms with Crippen LogP contribution in [0.15, 0.2) is 0 Å². The molecule has 6 heteroatoms. The lowest BCUT2D eigenvalue weighted by atomic mass is 10.0. The summed E-state index contributed by atoms with van der Waals surface area (Å²) in [7, 11) is 0. The van der Waals surface area contributed by atoms with Gasteiger partial charge < -0.3 is 14.2 Å². The minimum absolute atomic E-state index is 0.0609. The zero-order valence-corrected chi connectivity index (χ0v) is 44.3. The van der Waals surface area contributed by atoms with Gasteiger partial charge in [0.25, 0.3) is 0 Å². The lowest BCUT2D eigenvalue weighted by Gasteiger charge is -2.18. The van der Waals surface area contributed by atoms with Gasteiger partial charge in [-0.05, 0) is 19.3 Å². The van der Waals surface area contributed by atoms with E-state index in [1.54, 1.807) is 0 Å². The summed E-state index contributed by atoms with van der Waals surface area (Å²) in [4.78, 5) is 38.1. The summed E-state index contributed by atoms with van der Waals surface area (Å²) in [5.41, 5.74) is 0. The highest BCUT2D eigenvalue weighted by molar-refractivity contribution is 5.71. The first-order valence-electron chi connectivity index (χ1n) is 29.5. The molecule has 0 spiro atoms. The monoisotopic (exact) mass is 919 g/mol. The first kappa shape index (κ1) is 63.4. The molecule has 1 atom stereocenters. The second-order valence-electron chi connectivity index (χ2n) is 20.3. The molecular weight excluding hydrogens is 805 g/mol. The maximum atomic E-state index is 12.8.